The average molecular weight is 328 g/mol. The number of nitriles is 3. The molecule has 120 valence electrons. The van der Waals surface area contributed by atoms with E-state index in [-0.39, 0.29) is 17.1 Å². The Morgan fingerprint density at radius 2 is 1.60 bits per heavy atom. The zero-order valence-electron chi connectivity index (χ0n) is 13.3. The number of anilines is 1. The Labute approximate surface area is 144 Å². The van der Waals surface area contributed by atoms with E-state index in [1.807, 2.05) is 0 Å². The Morgan fingerprint density at radius 3 is 2.16 bits per heavy atom. The Balaban J connectivity index is 2.43. The topological polar surface area (TPSA) is 110 Å². The van der Waals surface area contributed by atoms with Gasteiger partial charge in [0.15, 0.2) is 11.4 Å². The van der Waals surface area contributed by atoms with Gasteiger partial charge in [0.1, 0.15) is 29.7 Å². The smallest absolute Gasteiger partial charge is 0.195 e. The van der Waals surface area contributed by atoms with Gasteiger partial charge < -0.3 is 10.1 Å². The van der Waals surface area contributed by atoms with Crippen LogP contribution in [0.15, 0.2) is 59.8 Å². The first kappa shape index (κ1) is 17.3. The lowest BCUT2D eigenvalue weighted by Crippen LogP contribution is -2.08. The van der Waals surface area contributed by atoms with E-state index in [2.05, 4.69) is 5.32 Å². The summed E-state index contributed by atoms with van der Waals surface area (Å²) in [6, 6.07) is 18.3. The van der Waals surface area contributed by atoms with Crippen LogP contribution < -0.4 is 10.1 Å². The summed E-state index contributed by atoms with van der Waals surface area (Å²) in [6.45, 7) is 0. The minimum atomic E-state index is -0.353. The zero-order chi connectivity index (χ0) is 18.2. The summed E-state index contributed by atoms with van der Waals surface area (Å²) in [7, 11) is 1.54. The van der Waals surface area contributed by atoms with Gasteiger partial charge in [-0.1, -0.05) is 12.1 Å². The molecule has 0 aliphatic heterocycles. The normalized spacial score (nSPS) is 9.04. The van der Waals surface area contributed by atoms with Gasteiger partial charge in [-0.25, -0.2) is 0 Å². The van der Waals surface area contributed by atoms with Gasteiger partial charge in [0, 0.05) is 11.1 Å². The lowest BCUT2D eigenvalue weighted by molar-refractivity contribution is 0.103. The lowest BCUT2D eigenvalue weighted by Gasteiger charge is -2.11. The van der Waals surface area contributed by atoms with Crippen molar-refractivity contribution in [2.75, 3.05) is 12.4 Å². The SMILES string of the molecule is COc1ccc(C(=O)c2ccccc2NC(C#N)=C(C#N)C#N)cc1. The van der Waals surface area contributed by atoms with Gasteiger partial charge in [0.25, 0.3) is 0 Å². The highest BCUT2D eigenvalue weighted by Gasteiger charge is 2.15. The molecule has 0 heterocycles. The fourth-order valence-electron chi connectivity index (χ4n) is 2.11. The van der Waals surface area contributed by atoms with Crippen molar-refractivity contribution in [2.24, 2.45) is 0 Å². The molecule has 2 rings (SSSR count). The summed E-state index contributed by atoms with van der Waals surface area (Å²) < 4.78 is 5.07. The van der Waals surface area contributed by atoms with Gasteiger partial charge in [-0.05, 0) is 36.4 Å². The van der Waals surface area contributed by atoms with Gasteiger partial charge in [0.2, 0.25) is 0 Å². The number of rotatable bonds is 5. The van der Waals surface area contributed by atoms with E-state index in [1.165, 1.54) is 7.11 Å². The molecule has 2 aromatic rings. The Morgan fingerprint density at radius 1 is 0.960 bits per heavy atom. The number of hydrogen-bond donors (Lipinski definition) is 1. The van der Waals surface area contributed by atoms with Crippen molar-refractivity contribution in [2.45, 2.75) is 0 Å². The maximum atomic E-state index is 12.7. The van der Waals surface area contributed by atoms with E-state index in [4.69, 9.17) is 20.5 Å². The Kier molecular flexibility index (Phi) is 5.50. The molecule has 0 amide bonds. The molecule has 0 bridgehead atoms. The van der Waals surface area contributed by atoms with E-state index >= 15 is 0 Å². The van der Waals surface area contributed by atoms with Crippen LogP contribution in [0, 0.1) is 34.0 Å². The maximum Gasteiger partial charge on any atom is 0.195 e. The van der Waals surface area contributed by atoms with Crippen LogP contribution in [0.4, 0.5) is 5.69 Å². The van der Waals surface area contributed by atoms with Crippen LogP contribution in [-0.4, -0.2) is 12.9 Å². The number of carbonyl (C=O) groups excluding carboxylic acids is 1. The van der Waals surface area contributed by atoms with Crippen molar-refractivity contribution in [1.29, 1.82) is 15.8 Å². The largest absolute Gasteiger partial charge is 0.497 e. The van der Waals surface area contributed by atoms with Crippen molar-refractivity contribution >= 4 is 11.5 Å². The standard InChI is InChI=1S/C19H12N4O2/c1-25-15-8-6-13(7-9-15)19(24)16-4-2-3-5-17(16)23-18(12-22)14(10-20)11-21/h2-9,23H,1H3. The van der Waals surface area contributed by atoms with Crippen LogP contribution >= 0.6 is 0 Å². The van der Waals surface area contributed by atoms with E-state index in [1.54, 1.807) is 66.7 Å². The highest BCUT2D eigenvalue weighted by Crippen LogP contribution is 2.22. The summed E-state index contributed by atoms with van der Waals surface area (Å²) in [6.07, 6.45) is 0. The summed E-state index contributed by atoms with van der Waals surface area (Å²) in [5.74, 6) is 0.365. The molecule has 25 heavy (non-hydrogen) atoms. The fraction of sp³-hybridized carbons (Fsp3) is 0.0526. The molecule has 0 fully saturated rings. The summed E-state index contributed by atoms with van der Waals surface area (Å²) in [5.41, 5.74) is 0.533. The highest BCUT2D eigenvalue weighted by atomic mass is 16.5. The molecule has 6 nitrogen and oxygen atoms in total. The van der Waals surface area contributed by atoms with Crippen molar-refractivity contribution in [1.82, 2.24) is 0 Å². The molecule has 0 atom stereocenters. The number of para-hydroxylation sites is 1. The first-order valence-electron chi connectivity index (χ1n) is 7.14. The second-order valence-electron chi connectivity index (χ2n) is 4.81. The Bertz CT molecular complexity index is 939. The van der Waals surface area contributed by atoms with Gasteiger partial charge in [0.05, 0.1) is 12.8 Å². The number of benzene rings is 2. The van der Waals surface area contributed by atoms with Gasteiger partial charge in [-0.15, -0.1) is 0 Å². The van der Waals surface area contributed by atoms with Crippen LogP contribution in [0.3, 0.4) is 0 Å². The molecule has 0 saturated carbocycles. The molecule has 2 aromatic carbocycles. The van der Waals surface area contributed by atoms with Crippen molar-refractivity contribution in [3.05, 3.63) is 70.9 Å². The van der Waals surface area contributed by atoms with E-state index in [9.17, 15) is 4.79 Å². The van der Waals surface area contributed by atoms with Crippen LogP contribution in [0.2, 0.25) is 0 Å². The number of hydrogen-bond acceptors (Lipinski definition) is 6. The van der Waals surface area contributed by atoms with Gasteiger partial charge >= 0.3 is 0 Å². The van der Waals surface area contributed by atoms with Crippen LogP contribution in [0.5, 0.6) is 5.75 Å². The first-order valence-corrected chi connectivity index (χ1v) is 7.14. The number of methoxy groups -OCH3 is 1. The minimum Gasteiger partial charge on any atom is -0.497 e. The third kappa shape index (κ3) is 3.82. The zero-order valence-corrected chi connectivity index (χ0v) is 13.3. The molecule has 0 aliphatic rings. The average Bonchev–Trinajstić information content (AvgIpc) is 2.68. The number of nitrogens with zero attached hydrogens (tertiary/aromatic N) is 3. The van der Waals surface area contributed by atoms with Crippen molar-refractivity contribution in [3.63, 3.8) is 0 Å². The minimum absolute atomic E-state index is 0.208. The van der Waals surface area contributed by atoms with Gasteiger partial charge in [-0.3, -0.25) is 4.79 Å². The number of ether oxygens (including phenoxy) is 1. The van der Waals surface area contributed by atoms with Crippen LogP contribution in [0.25, 0.3) is 0 Å². The van der Waals surface area contributed by atoms with E-state index in [0.717, 1.165) is 0 Å². The second kappa shape index (κ2) is 7.97. The number of ketones is 1. The number of carbonyl (C=O) groups is 1. The molecule has 0 spiro atoms. The molecular formula is C19H12N4O2. The van der Waals surface area contributed by atoms with Crippen LogP contribution in [0.1, 0.15) is 15.9 Å². The molecular weight excluding hydrogens is 316 g/mol. The summed E-state index contributed by atoms with van der Waals surface area (Å²) in [4.78, 5) is 12.7. The molecule has 1 N–H and O–H groups in total. The quantitative estimate of drug-likeness (QED) is 0.667. The maximum absolute atomic E-state index is 12.7. The third-order valence-corrected chi connectivity index (χ3v) is 3.37. The van der Waals surface area contributed by atoms with E-state index in [0.29, 0.717) is 22.6 Å². The monoisotopic (exact) mass is 328 g/mol. The third-order valence-electron chi connectivity index (χ3n) is 3.37. The second-order valence-corrected chi connectivity index (χ2v) is 4.81. The molecule has 0 aromatic heterocycles. The molecule has 6 heteroatoms. The molecule has 0 radical (unpaired) electrons. The number of nitrogens with one attached hydrogen (secondary N) is 1. The predicted octanol–water partition coefficient (Wildman–Crippen LogP) is 3.16. The summed E-state index contributed by atoms with van der Waals surface area (Å²) in [5, 5.41) is 29.7. The van der Waals surface area contributed by atoms with Crippen molar-refractivity contribution in [3.8, 4) is 24.0 Å². The first-order chi connectivity index (χ1) is 12.1. The van der Waals surface area contributed by atoms with E-state index < -0.39 is 0 Å². The van der Waals surface area contributed by atoms with Gasteiger partial charge in [-0.2, -0.15) is 15.8 Å². The van der Waals surface area contributed by atoms with Crippen molar-refractivity contribution < 1.29 is 9.53 Å². The lowest BCUT2D eigenvalue weighted by atomic mass is 10.0. The van der Waals surface area contributed by atoms with Crippen LogP contribution in [-0.2, 0) is 0 Å². The fourth-order valence-corrected chi connectivity index (χ4v) is 2.11. The number of allylic oxidation sites excluding steroid dienone is 2. The molecule has 0 saturated heterocycles. The summed E-state index contributed by atoms with van der Waals surface area (Å²) >= 11 is 0. The highest BCUT2D eigenvalue weighted by molar-refractivity contribution is 6.12. The Hall–Kier alpha value is -4.08. The molecule has 0 unspecified atom stereocenters. The predicted molar refractivity (Wildman–Crippen MR) is 90.4 cm³/mol. The molecule has 0 aliphatic carbocycles.